The van der Waals surface area contributed by atoms with Crippen LogP contribution in [0.5, 0.6) is 0 Å². The normalized spacial score (nSPS) is 18.4. The summed E-state index contributed by atoms with van der Waals surface area (Å²) in [6.45, 7) is 3.46. The minimum absolute atomic E-state index is 0.0982. The van der Waals surface area contributed by atoms with Gasteiger partial charge in [0.1, 0.15) is 11.6 Å². The standard InChI is InChI=1S/C24H28F2N2O/c1-16-13-17(14-20-21(25)7-4-8-22(20)26)15-23(27-16)18-9-11-28(12-10-18)24(29)19-5-2-3-6-19/h4,7-8,13,15,18-19H,2-3,5-6,9-12,14H2,1H3. The monoisotopic (exact) mass is 398 g/mol. The third kappa shape index (κ3) is 4.49. The summed E-state index contributed by atoms with van der Waals surface area (Å²) in [4.78, 5) is 19.4. The zero-order valence-electron chi connectivity index (χ0n) is 17.0. The highest BCUT2D eigenvalue weighted by Crippen LogP contribution is 2.32. The summed E-state index contributed by atoms with van der Waals surface area (Å²) in [6, 6.07) is 7.86. The molecule has 0 radical (unpaired) electrons. The lowest BCUT2D eigenvalue weighted by Gasteiger charge is -2.33. The zero-order chi connectivity index (χ0) is 20.4. The second-order valence-corrected chi connectivity index (χ2v) is 8.50. The van der Waals surface area contributed by atoms with E-state index in [1.54, 1.807) is 0 Å². The number of halogens is 2. The van der Waals surface area contributed by atoms with Crippen LogP contribution in [0.4, 0.5) is 8.78 Å². The molecule has 0 unspecified atom stereocenters. The fourth-order valence-corrected chi connectivity index (χ4v) is 4.81. The largest absolute Gasteiger partial charge is 0.342 e. The Bertz CT molecular complexity index is 864. The summed E-state index contributed by atoms with van der Waals surface area (Å²) in [6.07, 6.45) is 6.41. The van der Waals surface area contributed by atoms with E-state index in [9.17, 15) is 13.6 Å². The predicted octanol–water partition coefficient (Wildman–Crippen LogP) is 5.16. The van der Waals surface area contributed by atoms with Crippen molar-refractivity contribution in [3.8, 4) is 0 Å². The second-order valence-electron chi connectivity index (χ2n) is 8.50. The molecule has 1 aliphatic heterocycles. The van der Waals surface area contributed by atoms with Crippen molar-refractivity contribution >= 4 is 5.91 Å². The number of hydrogen-bond acceptors (Lipinski definition) is 2. The van der Waals surface area contributed by atoms with Gasteiger partial charge in [0, 0.05) is 48.3 Å². The summed E-state index contributed by atoms with van der Waals surface area (Å²) < 4.78 is 28.1. The van der Waals surface area contributed by atoms with E-state index in [4.69, 9.17) is 4.98 Å². The fraction of sp³-hybridized carbons (Fsp3) is 0.500. The number of benzene rings is 1. The Morgan fingerprint density at radius 1 is 1.07 bits per heavy atom. The van der Waals surface area contributed by atoms with Gasteiger partial charge < -0.3 is 4.90 Å². The number of amides is 1. The SMILES string of the molecule is Cc1cc(Cc2c(F)cccc2F)cc(C2CCN(C(=O)C3CCCC3)CC2)n1. The Balaban J connectivity index is 1.45. The first-order valence-electron chi connectivity index (χ1n) is 10.7. The van der Waals surface area contributed by atoms with Crippen molar-refractivity contribution in [2.24, 2.45) is 5.92 Å². The van der Waals surface area contributed by atoms with Crippen LogP contribution in [0.25, 0.3) is 0 Å². The molecule has 2 aliphatic rings. The lowest BCUT2D eigenvalue weighted by Crippen LogP contribution is -2.40. The maximum absolute atomic E-state index is 14.0. The Labute approximate surface area is 171 Å². The predicted molar refractivity (Wildman–Crippen MR) is 109 cm³/mol. The van der Waals surface area contributed by atoms with Gasteiger partial charge >= 0.3 is 0 Å². The number of piperidine rings is 1. The molecule has 1 aromatic carbocycles. The highest BCUT2D eigenvalue weighted by Gasteiger charge is 2.30. The topological polar surface area (TPSA) is 33.2 Å². The summed E-state index contributed by atoms with van der Waals surface area (Å²) in [5, 5.41) is 0. The molecule has 0 N–H and O–H groups in total. The zero-order valence-corrected chi connectivity index (χ0v) is 17.0. The summed E-state index contributed by atoms with van der Waals surface area (Å²) in [7, 11) is 0. The van der Waals surface area contributed by atoms with Gasteiger partial charge in [0.15, 0.2) is 0 Å². The maximum Gasteiger partial charge on any atom is 0.225 e. The minimum atomic E-state index is -0.514. The van der Waals surface area contributed by atoms with Crippen molar-refractivity contribution in [1.82, 2.24) is 9.88 Å². The van der Waals surface area contributed by atoms with E-state index < -0.39 is 11.6 Å². The number of aromatic nitrogens is 1. The molecule has 154 valence electrons. The van der Waals surface area contributed by atoms with E-state index in [1.807, 2.05) is 24.0 Å². The number of pyridine rings is 1. The van der Waals surface area contributed by atoms with Gasteiger partial charge in [-0.25, -0.2) is 8.78 Å². The van der Waals surface area contributed by atoms with E-state index in [0.717, 1.165) is 55.7 Å². The van der Waals surface area contributed by atoms with Gasteiger partial charge in [-0.3, -0.25) is 9.78 Å². The van der Waals surface area contributed by atoms with Gasteiger partial charge in [0.05, 0.1) is 0 Å². The van der Waals surface area contributed by atoms with Crippen LogP contribution in [0, 0.1) is 24.5 Å². The van der Waals surface area contributed by atoms with Crippen LogP contribution in [0.1, 0.15) is 67.0 Å². The first-order chi connectivity index (χ1) is 14.0. The van der Waals surface area contributed by atoms with Gasteiger partial charge in [0.2, 0.25) is 5.91 Å². The van der Waals surface area contributed by atoms with Crippen LogP contribution in [-0.4, -0.2) is 28.9 Å². The highest BCUT2D eigenvalue weighted by atomic mass is 19.1. The molecule has 1 saturated heterocycles. The van der Waals surface area contributed by atoms with Crippen molar-refractivity contribution < 1.29 is 13.6 Å². The fourth-order valence-electron chi connectivity index (χ4n) is 4.81. The van der Waals surface area contributed by atoms with Gasteiger partial charge in [-0.15, -0.1) is 0 Å². The first kappa shape index (κ1) is 20.0. The van der Waals surface area contributed by atoms with Crippen LogP contribution in [-0.2, 0) is 11.2 Å². The van der Waals surface area contributed by atoms with E-state index in [0.29, 0.717) is 5.91 Å². The van der Waals surface area contributed by atoms with Crippen molar-refractivity contribution in [2.45, 2.75) is 57.8 Å². The average Bonchev–Trinajstić information content (AvgIpc) is 3.25. The molecule has 2 heterocycles. The lowest BCUT2D eigenvalue weighted by molar-refractivity contribution is -0.136. The number of hydrogen-bond donors (Lipinski definition) is 0. The molecule has 1 aromatic heterocycles. The molecule has 1 amide bonds. The molecule has 4 rings (SSSR count). The molecule has 1 aliphatic carbocycles. The van der Waals surface area contributed by atoms with Crippen LogP contribution in [0.15, 0.2) is 30.3 Å². The molecule has 5 heteroatoms. The maximum atomic E-state index is 14.0. The third-order valence-electron chi connectivity index (χ3n) is 6.40. The van der Waals surface area contributed by atoms with Gasteiger partial charge in [-0.2, -0.15) is 0 Å². The number of likely N-dealkylation sites (tertiary alicyclic amines) is 1. The Kier molecular flexibility index (Phi) is 5.93. The average molecular weight is 398 g/mol. The van der Waals surface area contributed by atoms with Gasteiger partial charge in [-0.05, 0) is 62.4 Å². The molecule has 1 saturated carbocycles. The van der Waals surface area contributed by atoms with E-state index in [1.165, 1.54) is 31.0 Å². The Morgan fingerprint density at radius 3 is 2.38 bits per heavy atom. The van der Waals surface area contributed by atoms with E-state index >= 15 is 0 Å². The molecule has 3 nitrogen and oxygen atoms in total. The number of aryl methyl sites for hydroxylation is 1. The number of carbonyl (C=O) groups excluding carboxylic acids is 1. The van der Waals surface area contributed by atoms with Crippen LogP contribution < -0.4 is 0 Å². The minimum Gasteiger partial charge on any atom is -0.342 e. The second kappa shape index (κ2) is 8.60. The number of nitrogens with zero attached hydrogens (tertiary/aromatic N) is 2. The van der Waals surface area contributed by atoms with Crippen LogP contribution in [0.3, 0.4) is 0 Å². The molecule has 0 spiro atoms. The molecule has 0 bridgehead atoms. The number of rotatable bonds is 4. The van der Waals surface area contributed by atoms with E-state index in [2.05, 4.69) is 0 Å². The summed E-state index contributed by atoms with van der Waals surface area (Å²) in [5.41, 5.74) is 2.81. The number of carbonyl (C=O) groups is 1. The molecular weight excluding hydrogens is 370 g/mol. The molecule has 29 heavy (non-hydrogen) atoms. The molecule has 0 atom stereocenters. The van der Waals surface area contributed by atoms with Crippen molar-refractivity contribution in [2.75, 3.05) is 13.1 Å². The van der Waals surface area contributed by atoms with Crippen molar-refractivity contribution in [3.63, 3.8) is 0 Å². The first-order valence-corrected chi connectivity index (χ1v) is 10.7. The summed E-state index contributed by atoms with van der Waals surface area (Å²) in [5.74, 6) is -0.189. The van der Waals surface area contributed by atoms with E-state index in [-0.39, 0.29) is 23.8 Å². The lowest BCUT2D eigenvalue weighted by atomic mass is 9.90. The van der Waals surface area contributed by atoms with Gasteiger partial charge in [0.25, 0.3) is 0 Å². The molecular formula is C24H28F2N2O. The van der Waals surface area contributed by atoms with Crippen LogP contribution >= 0.6 is 0 Å². The molecule has 2 aromatic rings. The van der Waals surface area contributed by atoms with Gasteiger partial charge in [-0.1, -0.05) is 18.9 Å². The smallest absolute Gasteiger partial charge is 0.225 e. The van der Waals surface area contributed by atoms with Crippen molar-refractivity contribution in [1.29, 1.82) is 0 Å². The summed E-state index contributed by atoms with van der Waals surface area (Å²) >= 11 is 0. The van der Waals surface area contributed by atoms with Crippen LogP contribution in [0.2, 0.25) is 0 Å². The molecule has 2 fully saturated rings. The Hall–Kier alpha value is -2.30. The quantitative estimate of drug-likeness (QED) is 0.713. The Morgan fingerprint density at radius 2 is 1.72 bits per heavy atom. The van der Waals surface area contributed by atoms with Crippen molar-refractivity contribution in [3.05, 3.63) is 64.5 Å². The third-order valence-corrected chi connectivity index (χ3v) is 6.40. The highest BCUT2D eigenvalue weighted by molar-refractivity contribution is 5.79.